The summed E-state index contributed by atoms with van der Waals surface area (Å²) in [4.78, 5) is 23.8. The van der Waals surface area contributed by atoms with Gasteiger partial charge in [-0.1, -0.05) is 26.0 Å². The van der Waals surface area contributed by atoms with E-state index in [9.17, 15) is 14.8 Å². The van der Waals surface area contributed by atoms with Gasteiger partial charge in [0.2, 0.25) is 5.91 Å². The van der Waals surface area contributed by atoms with Crippen LogP contribution in [0.4, 0.5) is 5.69 Å². The molecule has 5 N–H and O–H groups in total. The van der Waals surface area contributed by atoms with Crippen LogP contribution in [0.3, 0.4) is 0 Å². The maximum absolute atomic E-state index is 12.2. The molecule has 0 bridgehead atoms. The molecular formula is C13H19N3O4. The smallest absolute Gasteiger partial charge is 0.258 e. The lowest BCUT2D eigenvalue weighted by Crippen LogP contribution is -2.99. The first-order valence-corrected chi connectivity index (χ1v) is 6.15. The van der Waals surface area contributed by atoms with Gasteiger partial charge in [0.15, 0.2) is 5.69 Å². The number of nitrogens with two attached hydrogens (primary N) is 1. The molecule has 0 aliphatic heterocycles. The number of hydrogen-bond donors (Lipinski definition) is 4. The lowest BCUT2D eigenvalue weighted by atomic mass is 9.87. The molecule has 0 saturated carbocycles. The molecule has 2 amide bonds. The van der Waals surface area contributed by atoms with Crippen molar-refractivity contribution < 1.29 is 20.0 Å². The molecule has 20 heavy (non-hydrogen) atoms. The van der Waals surface area contributed by atoms with Gasteiger partial charge in [-0.2, -0.15) is 5.23 Å². The van der Waals surface area contributed by atoms with Gasteiger partial charge in [0.25, 0.3) is 5.91 Å². The number of nitrogens with one attached hydrogen (secondary N) is 2. The summed E-state index contributed by atoms with van der Waals surface area (Å²) < 4.78 is 0. The summed E-state index contributed by atoms with van der Waals surface area (Å²) in [6.07, 6.45) is 0. The predicted octanol–water partition coefficient (Wildman–Crippen LogP) is -0.280. The highest BCUT2D eigenvalue weighted by molar-refractivity contribution is 6.01. The summed E-state index contributed by atoms with van der Waals surface area (Å²) >= 11 is 0. The fraction of sp³-hybridized carbons (Fsp3) is 0.385. The first-order valence-electron chi connectivity index (χ1n) is 6.15. The van der Waals surface area contributed by atoms with Crippen molar-refractivity contribution in [1.82, 2.24) is 5.32 Å². The molecule has 0 spiro atoms. The van der Waals surface area contributed by atoms with Gasteiger partial charge in [-0.15, -0.1) is 0 Å². The van der Waals surface area contributed by atoms with Crippen LogP contribution < -0.4 is 16.3 Å². The third kappa shape index (κ3) is 3.13. The number of hydrogen-bond acceptors (Lipinski definition) is 4. The molecule has 7 nitrogen and oxygen atoms in total. The Bertz CT molecular complexity index is 516. The van der Waals surface area contributed by atoms with Gasteiger partial charge in [0.05, 0.1) is 0 Å². The summed E-state index contributed by atoms with van der Waals surface area (Å²) in [6, 6.07) is 5.79. The zero-order valence-electron chi connectivity index (χ0n) is 11.6. The van der Waals surface area contributed by atoms with Gasteiger partial charge in [-0.25, -0.2) is 5.21 Å². The zero-order chi connectivity index (χ0) is 15.5. The zero-order valence-corrected chi connectivity index (χ0v) is 11.6. The van der Waals surface area contributed by atoms with Crippen molar-refractivity contribution in [1.29, 1.82) is 0 Å². The Hall–Kier alpha value is -1.96. The molecule has 1 aromatic carbocycles. The SMILES string of the molecule is CC(C)C(C)(NC(=O)c1ccccc1[NH+]([O-])O)C(N)=O. The number of rotatable bonds is 5. The van der Waals surface area contributed by atoms with Crippen LogP contribution in [0.15, 0.2) is 24.3 Å². The molecule has 0 saturated heterocycles. The number of carbonyl (C=O) groups excluding carboxylic acids is 2. The third-order valence-corrected chi connectivity index (χ3v) is 3.44. The number of benzene rings is 1. The van der Waals surface area contributed by atoms with Gasteiger partial charge in [-0.05, 0) is 18.9 Å². The molecule has 0 radical (unpaired) electrons. The standard InChI is InChI=1S/C13H19N3O4/c1-8(2)13(3,12(14)18)15-11(17)9-6-4-5-7-10(9)16(19)20/h4-8,16,19H,1-3H3,(H2,14,18)(H,15,17). The molecule has 0 fully saturated rings. The maximum atomic E-state index is 12.2. The first-order chi connectivity index (χ1) is 9.20. The van der Waals surface area contributed by atoms with E-state index in [1.807, 2.05) is 0 Å². The first kappa shape index (κ1) is 16.1. The van der Waals surface area contributed by atoms with Crippen molar-refractivity contribution in [2.24, 2.45) is 11.7 Å². The van der Waals surface area contributed by atoms with Crippen LogP contribution in [0.2, 0.25) is 0 Å². The molecule has 0 aromatic heterocycles. The molecule has 7 heteroatoms. The molecule has 110 valence electrons. The van der Waals surface area contributed by atoms with Gasteiger partial charge in [0.1, 0.15) is 11.1 Å². The monoisotopic (exact) mass is 281 g/mol. The van der Waals surface area contributed by atoms with E-state index in [-0.39, 0.29) is 17.2 Å². The van der Waals surface area contributed by atoms with Crippen LogP contribution in [0, 0.1) is 11.1 Å². The second kappa shape index (κ2) is 6.00. The van der Waals surface area contributed by atoms with Crippen molar-refractivity contribution in [3.8, 4) is 0 Å². The van der Waals surface area contributed by atoms with Crippen molar-refractivity contribution in [2.45, 2.75) is 26.3 Å². The van der Waals surface area contributed by atoms with Gasteiger partial charge in [-0.3, -0.25) is 9.59 Å². The van der Waals surface area contributed by atoms with Gasteiger partial charge in [0, 0.05) is 6.07 Å². The van der Waals surface area contributed by atoms with E-state index in [4.69, 9.17) is 10.9 Å². The Morgan fingerprint density at radius 1 is 1.40 bits per heavy atom. The Morgan fingerprint density at radius 2 is 1.95 bits per heavy atom. The molecule has 2 unspecified atom stereocenters. The lowest BCUT2D eigenvalue weighted by Gasteiger charge is -2.31. The van der Waals surface area contributed by atoms with Gasteiger partial charge < -0.3 is 16.3 Å². The molecule has 2 atom stereocenters. The van der Waals surface area contributed by atoms with Crippen molar-refractivity contribution >= 4 is 17.5 Å². The third-order valence-electron chi connectivity index (χ3n) is 3.44. The van der Waals surface area contributed by atoms with E-state index in [0.29, 0.717) is 0 Å². The number of primary amides is 1. The van der Waals surface area contributed by atoms with Crippen LogP contribution in [-0.2, 0) is 4.79 Å². The fourth-order valence-electron chi connectivity index (χ4n) is 1.66. The number of carbonyl (C=O) groups is 2. The van der Waals surface area contributed by atoms with Crippen molar-refractivity contribution in [3.05, 3.63) is 35.0 Å². The van der Waals surface area contributed by atoms with E-state index in [1.165, 1.54) is 25.1 Å². The highest BCUT2D eigenvalue weighted by Crippen LogP contribution is 2.18. The highest BCUT2D eigenvalue weighted by atomic mass is 16.8. The summed E-state index contributed by atoms with van der Waals surface area (Å²) in [6.45, 7) is 5.00. The topological polar surface area (TPSA) is 120 Å². The Labute approximate surface area is 116 Å². The number of para-hydroxylation sites is 1. The van der Waals surface area contributed by atoms with Crippen LogP contribution >= 0.6 is 0 Å². The van der Waals surface area contributed by atoms with Crippen molar-refractivity contribution in [2.75, 3.05) is 0 Å². The Kier molecular flexibility index (Phi) is 4.83. The van der Waals surface area contributed by atoms with E-state index < -0.39 is 22.6 Å². The number of quaternary nitrogens is 1. The average Bonchev–Trinajstić information content (AvgIpc) is 2.37. The quantitative estimate of drug-likeness (QED) is 0.555. The minimum atomic E-state index is -1.25. The Balaban J connectivity index is 3.11. The van der Waals surface area contributed by atoms with Crippen LogP contribution in [0.25, 0.3) is 0 Å². The summed E-state index contributed by atoms with van der Waals surface area (Å²) in [5.74, 6) is -1.55. The molecule has 0 aliphatic rings. The fourth-order valence-corrected chi connectivity index (χ4v) is 1.66. The maximum Gasteiger partial charge on any atom is 0.258 e. The normalized spacial score (nSPS) is 15.5. The molecule has 1 aromatic rings. The molecule has 0 aliphatic carbocycles. The number of amides is 2. The van der Waals surface area contributed by atoms with Crippen LogP contribution in [-0.4, -0.2) is 22.6 Å². The van der Waals surface area contributed by atoms with Crippen LogP contribution in [0.5, 0.6) is 0 Å². The minimum absolute atomic E-state index is 0.00637. The molecular weight excluding hydrogens is 262 g/mol. The minimum Gasteiger partial charge on any atom is -0.595 e. The largest absolute Gasteiger partial charge is 0.595 e. The lowest BCUT2D eigenvalue weighted by molar-refractivity contribution is -0.991. The van der Waals surface area contributed by atoms with E-state index >= 15 is 0 Å². The van der Waals surface area contributed by atoms with E-state index in [2.05, 4.69) is 5.32 Å². The average molecular weight is 281 g/mol. The summed E-state index contributed by atoms with van der Waals surface area (Å²) in [7, 11) is 0. The second-order valence-corrected chi connectivity index (χ2v) is 5.03. The van der Waals surface area contributed by atoms with Crippen molar-refractivity contribution in [3.63, 3.8) is 0 Å². The Morgan fingerprint density at radius 3 is 2.40 bits per heavy atom. The second-order valence-electron chi connectivity index (χ2n) is 5.03. The summed E-state index contributed by atoms with van der Waals surface area (Å²) in [5, 5.41) is 21.5. The van der Waals surface area contributed by atoms with Gasteiger partial charge >= 0.3 is 0 Å². The van der Waals surface area contributed by atoms with E-state index in [1.54, 1.807) is 19.9 Å². The highest BCUT2D eigenvalue weighted by Gasteiger charge is 2.37. The van der Waals surface area contributed by atoms with Crippen LogP contribution in [0.1, 0.15) is 31.1 Å². The van der Waals surface area contributed by atoms with E-state index in [0.717, 1.165) is 0 Å². The molecule has 1 rings (SSSR count). The predicted molar refractivity (Wildman–Crippen MR) is 72.1 cm³/mol. The summed E-state index contributed by atoms with van der Waals surface area (Å²) in [5.41, 5.74) is 3.95. The molecule has 0 heterocycles.